The van der Waals surface area contributed by atoms with Crippen LogP contribution in [0.3, 0.4) is 0 Å². The van der Waals surface area contributed by atoms with Crippen molar-refractivity contribution in [2.24, 2.45) is 46.3 Å². The smallest absolute Gasteiger partial charge is 0.514 e. The Morgan fingerprint density at radius 3 is 2.03 bits per heavy atom. The van der Waals surface area contributed by atoms with E-state index in [-0.39, 0.29) is 60.3 Å². The minimum atomic E-state index is -0.910. The minimum Gasteiger partial charge on any atom is -0.758 e. The summed E-state index contributed by atoms with van der Waals surface area (Å²) in [7, 11) is 3.03. The zero-order valence-electron chi connectivity index (χ0n) is 60.8. The number of ether oxygens (including phenoxy) is 4. The molecule has 4 aliphatic carbocycles. The first kappa shape index (κ1) is 75.8. The molecular weight excluding hydrogens is 1270 g/mol. The molecule has 3 saturated carbocycles. The highest BCUT2D eigenvalue weighted by atomic mass is 19.1. The molecule has 6 aromatic rings. The zero-order chi connectivity index (χ0) is 71.4. The average Bonchev–Trinajstić information content (AvgIpc) is 1.67. The second-order valence-corrected chi connectivity index (χ2v) is 30.1. The molecule has 10 atom stereocenters. The maximum Gasteiger partial charge on any atom is 0.514 e. The number of nitrogens with zero attached hydrogens (tertiary/aromatic N) is 1. The molecule has 0 spiro atoms. The first-order valence-electron chi connectivity index (χ1n) is 37.4. The van der Waals surface area contributed by atoms with Gasteiger partial charge in [0.1, 0.15) is 23.9 Å². The van der Waals surface area contributed by atoms with Gasteiger partial charge in [0.05, 0.1) is 24.8 Å². The average molecular weight is 1380 g/mol. The van der Waals surface area contributed by atoms with Gasteiger partial charge in [0, 0.05) is 43.4 Å². The molecule has 10 rings (SSSR count). The van der Waals surface area contributed by atoms with E-state index in [1.165, 1.54) is 101 Å². The monoisotopic (exact) mass is 1380 g/mol. The van der Waals surface area contributed by atoms with Crippen LogP contribution in [0.15, 0.2) is 169 Å². The zero-order valence-corrected chi connectivity index (χ0v) is 60.8. The Kier molecular flexibility index (Phi) is 27.2. The molecule has 16 heteroatoms. The Morgan fingerprint density at radius 1 is 0.673 bits per heavy atom. The predicted molar refractivity (Wildman–Crippen MR) is 400 cm³/mol. The van der Waals surface area contributed by atoms with E-state index in [9.17, 15) is 28.8 Å². The molecule has 4 aliphatic rings. The standard InChI is InChI=1S/C85H110FN6O9/c1-59(2)18-16-19-60(3)75-43-44-76-74-42-31-66-57-73(47-50-83(66,4)77(74)48-51-84(75,76)5)99-55-17-52-88-79(93)45-46-80(94)90-69(56-61-25-32-67(86)33-26-61)49-54-87-78(81(95)91-68-34-27-62(28-35-68)58-100-82(96)101-72-40-36-70(37-41-72)92(6)97)24-14-15-53-89-85(63-20-10-8-11-21-63,64-22-12-9-13-23-64)65-29-38-71(98-7)39-30-65/h8-13,20-23,25-41,59-60,69,73-78,87,89H,14-19,24,42-58H2,1-7H3,(H,88,93)(H,90,94)(H,91,95)/q-1/t60-,69-,73?,74+,75-,76+,77+,78+,83+,84-/m1/s1. The molecule has 5 N–H and O–H groups in total. The van der Waals surface area contributed by atoms with Crippen molar-refractivity contribution in [1.29, 1.82) is 0 Å². The van der Waals surface area contributed by atoms with Crippen molar-refractivity contribution in [3.8, 4) is 11.5 Å². The first-order valence-corrected chi connectivity index (χ1v) is 37.4. The molecule has 542 valence electrons. The second kappa shape index (κ2) is 36.3. The molecule has 0 radical (unpaired) electrons. The Labute approximate surface area is 599 Å². The largest absolute Gasteiger partial charge is 0.758 e. The van der Waals surface area contributed by atoms with Crippen LogP contribution in [0, 0.1) is 57.4 Å². The number of carbonyl (C=O) groups excluding carboxylic acids is 4. The van der Waals surface area contributed by atoms with Crippen molar-refractivity contribution in [2.75, 3.05) is 50.8 Å². The second-order valence-electron chi connectivity index (χ2n) is 30.1. The van der Waals surface area contributed by atoms with Crippen molar-refractivity contribution in [1.82, 2.24) is 21.3 Å². The SMILES string of the molecule is COc1ccc(C(NCCCC[C@H](NCC[C@H](Cc2ccc(F)cc2)NC(=O)CCC(=O)NCCCOC2CC[C@@]3(C)C(=CC[C@H]4[C@@H]5CC[C@H]([C@H](C)CCCC(C)C)[C@@]5(C)CC[C@@H]43)C2)C(=O)Nc2ccc(COC(=O)Oc3ccc(N(C)[O-])cc3)cc2)(c2ccccc2)c2ccccc2)cc1. The van der Waals surface area contributed by atoms with Crippen LogP contribution in [0.4, 0.5) is 20.6 Å². The number of allylic oxidation sites excluding steroid dienone is 1. The number of unbranched alkanes of at least 4 members (excludes halogenated alkanes) is 1. The third kappa shape index (κ3) is 20.1. The van der Waals surface area contributed by atoms with Gasteiger partial charge in [0.15, 0.2) is 0 Å². The van der Waals surface area contributed by atoms with E-state index in [1.807, 2.05) is 48.5 Å². The molecule has 15 nitrogen and oxygen atoms in total. The summed E-state index contributed by atoms with van der Waals surface area (Å²) in [6.45, 7) is 14.4. The van der Waals surface area contributed by atoms with E-state index < -0.39 is 23.8 Å². The number of hydrogen-bond acceptors (Lipinski definition) is 12. The maximum atomic E-state index is 14.5. The summed E-state index contributed by atoms with van der Waals surface area (Å²) >= 11 is 0. The van der Waals surface area contributed by atoms with Gasteiger partial charge in [-0.3, -0.25) is 19.7 Å². The van der Waals surface area contributed by atoms with Crippen LogP contribution in [0.2, 0.25) is 0 Å². The number of nitrogens with one attached hydrogen (secondary N) is 5. The van der Waals surface area contributed by atoms with E-state index in [2.05, 4.69) is 104 Å². The molecular formula is C85H110FN6O9-. The third-order valence-electron chi connectivity index (χ3n) is 23.0. The molecule has 0 bridgehead atoms. The van der Waals surface area contributed by atoms with E-state index in [0.29, 0.717) is 92.2 Å². The van der Waals surface area contributed by atoms with Gasteiger partial charge in [-0.1, -0.05) is 169 Å². The Balaban J connectivity index is 0.717. The van der Waals surface area contributed by atoms with Crippen LogP contribution in [0.5, 0.6) is 11.5 Å². The number of hydrogen-bond donors (Lipinski definition) is 5. The van der Waals surface area contributed by atoms with Gasteiger partial charge in [-0.25, -0.2) is 9.18 Å². The Morgan fingerprint density at radius 2 is 1.35 bits per heavy atom. The van der Waals surface area contributed by atoms with Crippen molar-refractivity contribution in [2.45, 2.75) is 187 Å². The number of benzene rings is 6. The quantitative estimate of drug-likeness (QED) is 0.00626. The Hall–Kier alpha value is -7.89. The minimum absolute atomic E-state index is 0.00902. The fourth-order valence-corrected chi connectivity index (χ4v) is 17.5. The van der Waals surface area contributed by atoms with Gasteiger partial charge in [-0.05, 0) is 238 Å². The van der Waals surface area contributed by atoms with Crippen LogP contribution in [-0.2, 0) is 42.4 Å². The van der Waals surface area contributed by atoms with Crippen LogP contribution >= 0.6 is 0 Å². The van der Waals surface area contributed by atoms with Gasteiger partial charge in [0.2, 0.25) is 17.7 Å². The third-order valence-corrected chi connectivity index (χ3v) is 23.0. The van der Waals surface area contributed by atoms with Gasteiger partial charge >= 0.3 is 6.16 Å². The lowest BCUT2D eigenvalue weighted by Gasteiger charge is -2.58. The molecule has 0 saturated heterocycles. The molecule has 101 heavy (non-hydrogen) atoms. The summed E-state index contributed by atoms with van der Waals surface area (Å²) in [4.78, 5) is 54.1. The molecule has 3 amide bonds. The first-order chi connectivity index (χ1) is 48.8. The molecule has 0 aliphatic heterocycles. The van der Waals surface area contributed by atoms with E-state index >= 15 is 0 Å². The van der Waals surface area contributed by atoms with Crippen molar-refractivity contribution >= 4 is 35.3 Å². The number of amides is 3. The van der Waals surface area contributed by atoms with E-state index in [4.69, 9.17) is 18.9 Å². The fraction of sp³-hybridized carbons (Fsp3) is 0.506. The molecule has 1 unspecified atom stereocenters. The normalized spacial score (nSPS) is 21.7. The number of fused-ring (bicyclic) bond motifs is 5. The molecule has 6 aromatic carbocycles. The van der Waals surface area contributed by atoms with Gasteiger partial charge in [-0.2, -0.15) is 0 Å². The lowest BCUT2D eigenvalue weighted by atomic mass is 9.47. The van der Waals surface area contributed by atoms with Crippen molar-refractivity contribution in [3.05, 3.63) is 208 Å². The van der Waals surface area contributed by atoms with Gasteiger partial charge in [-0.15, -0.1) is 0 Å². The summed E-state index contributed by atoms with van der Waals surface area (Å²) < 4.78 is 37.0. The topological polar surface area (TPSA) is 192 Å². The molecule has 0 heterocycles. The number of hydroxylamine groups is 1. The van der Waals surface area contributed by atoms with Gasteiger partial charge in [0.25, 0.3) is 0 Å². The predicted octanol–water partition coefficient (Wildman–Crippen LogP) is 17.0. The van der Waals surface area contributed by atoms with Crippen LogP contribution in [0.25, 0.3) is 0 Å². The summed E-state index contributed by atoms with van der Waals surface area (Å²) in [6.07, 6.45) is 19.4. The molecule has 0 aromatic heterocycles. The highest BCUT2D eigenvalue weighted by Gasteiger charge is 2.59. The summed E-state index contributed by atoms with van der Waals surface area (Å²) in [5, 5.41) is 29.1. The maximum absolute atomic E-state index is 14.5. The number of rotatable bonds is 36. The lowest BCUT2D eigenvalue weighted by Crippen LogP contribution is -2.51. The van der Waals surface area contributed by atoms with Gasteiger partial charge < -0.3 is 50.5 Å². The van der Waals surface area contributed by atoms with Crippen molar-refractivity contribution in [3.63, 3.8) is 0 Å². The molecule has 3 fully saturated rings. The summed E-state index contributed by atoms with van der Waals surface area (Å²) in [6, 6.07) is 47.1. The lowest BCUT2D eigenvalue weighted by molar-refractivity contribution is -0.126. The highest BCUT2D eigenvalue weighted by molar-refractivity contribution is 5.94. The number of anilines is 2. The van der Waals surface area contributed by atoms with E-state index in [1.54, 1.807) is 49.1 Å². The summed E-state index contributed by atoms with van der Waals surface area (Å²) in [5.41, 5.74) is 7.28. The van der Waals surface area contributed by atoms with Crippen molar-refractivity contribution < 1.29 is 42.5 Å². The Bertz CT molecular complexity index is 3570. The highest BCUT2D eigenvalue weighted by Crippen LogP contribution is 2.67. The summed E-state index contributed by atoms with van der Waals surface area (Å²) in [5.74, 6) is 4.77. The number of methoxy groups -OCH3 is 1. The fourth-order valence-electron chi connectivity index (χ4n) is 17.5. The number of carbonyl (C=O) groups is 4. The number of halogens is 1. The van der Waals surface area contributed by atoms with E-state index in [0.717, 1.165) is 76.4 Å². The van der Waals surface area contributed by atoms with Crippen LogP contribution in [-0.4, -0.2) is 82.5 Å². The van der Waals surface area contributed by atoms with Crippen LogP contribution in [0.1, 0.15) is 178 Å². The van der Waals surface area contributed by atoms with Crippen LogP contribution < -0.4 is 41.1 Å².